The van der Waals surface area contributed by atoms with Crippen LogP contribution in [0.3, 0.4) is 0 Å². The molecule has 0 aliphatic carbocycles. The number of benzene rings is 2. The van der Waals surface area contributed by atoms with Gasteiger partial charge in [-0.25, -0.2) is 0 Å². The number of carbonyl (C=O) groups is 1. The molecule has 2 aromatic carbocycles. The van der Waals surface area contributed by atoms with Gasteiger partial charge in [0.1, 0.15) is 6.61 Å². The molecule has 1 amide bonds. The predicted molar refractivity (Wildman–Crippen MR) is 100 cm³/mol. The van der Waals surface area contributed by atoms with Crippen LogP contribution in [-0.4, -0.2) is 38.3 Å². The van der Waals surface area contributed by atoms with Crippen LogP contribution < -0.4 is 19.5 Å². The van der Waals surface area contributed by atoms with Crippen LogP contribution in [0.2, 0.25) is 0 Å². The Kier molecular flexibility index (Phi) is 5.63. The number of nitrogens with one attached hydrogen (secondary N) is 2. The van der Waals surface area contributed by atoms with Crippen LogP contribution in [0.1, 0.15) is 5.56 Å². The van der Waals surface area contributed by atoms with Gasteiger partial charge < -0.3 is 24.5 Å². The highest BCUT2D eigenvalue weighted by molar-refractivity contribution is 5.88. The summed E-state index contributed by atoms with van der Waals surface area (Å²) in [6.07, 6.45) is 2.20. The van der Waals surface area contributed by atoms with Crippen molar-refractivity contribution < 1.29 is 19.0 Å². The van der Waals surface area contributed by atoms with Crippen molar-refractivity contribution in [2.45, 2.75) is 6.42 Å². The standard InChI is InChI=1S/C20H22N2O4/c1-24-17-8-5-9-18(20(17)25-2)26-11-10-21-19(23)12-14-13-22-16-7-4-3-6-15(14)16/h3-9,13,22H,10-12H2,1-2H3,(H,21,23). The lowest BCUT2D eigenvalue weighted by molar-refractivity contribution is -0.120. The minimum atomic E-state index is -0.0454. The van der Waals surface area contributed by atoms with Gasteiger partial charge in [0.2, 0.25) is 11.7 Å². The second kappa shape index (κ2) is 8.29. The third-order valence-corrected chi connectivity index (χ3v) is 4.07. The van der Waals surface area contributed by atoms with Gasteiger partial charge >= 0.3 is 0 Å². The van der Waals surface area contributed by atoms with Crippen molar-refractivity contribution in [3.8, 4) is 17.2 Å². The van der Waals surface area contributed by atoms with E-state index in [1.165, 1.54) is 0 Å². The van der Waals surface area contributed by atoms with Gasteiger partial charge in [0.25, 0.3) is 0 Å². The zero-order chi connectivity index (χ0) is 18.4. The number of ether oxygens (including phenoxy) is 3. The van der Waals surface area contributed by atoms with Gasteiger partial charge in [0, 0.05) is 17.1 Å². The Labute approximate surface area is 152 Å². The summed E-state index contributed by atoms with van der Waals surface area (Å²) in [5.74, 6) is 1.68. The van der Waals surface area contributed by atoms with E-state index in [-0.39, 0.29) is 5.91 Å². The van der Waals surface area contributed by atoms with Crippen molar-refractivity contribution in [2.24, 2.45) is 0 Å². The Hall–Kier alpha value is -3.15. The van der Waals surface area contributed by atoms with Gasteiger partial charge in [-0.1, -0.05) is 24.3 Å². The number of amides is 1. The molecule has 0 aliphatic heterocycles. The molecule has 0 saturated heterocycles. The molecular formula is C20H22N2O4. The van der Waals surface area contributed by atoms with Crippen LogP contribution >= 0.6 is 0 Å². The number of H-pyrrole nitrogens is 1. The molecular weight excluding hydrogens is 332 g/mol. The average Bonchev–Trinajstić information content (AvgIpc) is 3.07. The van der Waals surface area contributed by atoms with E-state index in [2.05, 4.69) is 10.3 Å². The number of para-hydroxylation sites is 2. The normalized spacial score (nSPS) is 10.5. The monoisotopic (exact) mass is 354 g/mol. The van der Waals surface area contributed by atoms with E-state index in [1.807, 2.05) is 36.5 Å². The first-order valence-corrected chi connectivity index (χ1v) is 8.38. The average molecular weight is 354 g/mol. The maximum atomic E-state index is 12.2. The molecule has 1 heterocycles. The number of aromatic amines is 1. The minimum Gasteiger partial charge on any atom is -0.493 e. The Balaban J connectivity index is 1.50. The van der Waals surface area contributed by atoms with Gasteiger partial charge in [0.15, 0.2) is 11.5 Å². The Morgan fingerprint density at radius 2 is 1.85 bits per heavy atom. The van der Waals surface area contributed by atoms with Crippen LogP contribution in [0.4, 0.5) is 0 Å². The second-order valence-electron chi connectivity index (χ2n) is 5.73. The lowest BCUT2D eigenvalue weighted by Crippen LogP contribution is -2.29. The predicted octanol–water partition coefficient (Wildman–Crippen LogP) is 2.92. The smallest absolute Gasteiger partial charge is 0.224 e. The van der Waals surface area contributed by atoms with Crippen molar-refractivity contribution in [1.29, 1.82) is 0 Å². The summed E-state index contributed by atoms with van der Waals surface area (Å²) in [5, 5.41) is 3.94. The van der Waals surface area contributed by atoms with E-state index in [1.54, 1.807) is 26.4 Å². The van der Waals surface area contributed by atoms with E-state index in [4.69, 9.17) is 14.2 Å². The molecule has 2 N–H and O–H groups in total. The quantitative estimate of drug-likeness (QED) is 0.610. The molecule has 0 aliphatic rings. The van der Waals surface area contributed by atoms with Crippen LogP contribution in [0.25, 0.3) is 10.9 Å². The van der Waals surface area contributed by atoms with E-state index < -0.39 is 0 Å². The van der Waals surface area contributed by atoms with Crippen molar-refractivity contribution in [2.75, 3.05) is 27.4 Å². The lowest BCUT2D eigenvalue weighted by atomic mass is 10.1. The van der Waals surface area contributed by atoms with E-state index in [0.717, 1.165) is 16.5 Å². The molecule has 6 nitrogen and oxygen atoms in total. The molecule has 0 fully saturated rings. The number of aromatic nitrogens is 1. The highest BCUT2D eigenvalue weighted by Gasteiger charge is 2.11. The molecule has 0 saturated carbocycles. The summed E-state index contributed by atoms with van der Waals surface area (Å²) in [5.41, 5.74) is 2.01. The van der Waals surface area contributed by atoms with Crippen LogP contribution in [-0.2, 0) is 11.2 Å². The first-order valence-electron chi connectivity index (χ1n) is 8.38. The maximum absolute atomic E-state index is 12.2. The van der Waals surface area contributed by atoms with Gasteiger partial charge in [-0.3, -0.25) is 4.79 Å². The fraction of sp³-hybridized carbons (Fsp3) is 0.250. The van der Waals surface area contributed by atoms with Gasteiger partial charge in [-0.05, 0) is 23.8 Å². The third-order valence-electron chi connectivity index (χ3n) is 4.07. The topological polar surface area (TPSA) is 72.6 Å². The van der Waals surface area contributed by atoms with E-state index in [9.17, 15) is 4.79 Å². The first-order chi connectivity index (χ1) is 12.7. The fourth-order valence-corrected chi connectivity index (χ4v) is 2.84. The fourth-order valence-electron chi connectivity index (χ4n) is 2.84. The largest absolute Gasteiger partial charge is 0.493 e. The van der Waals surface area contributed by atoms with E-state index in [0.29, 0.717) is 36.8 Å². The Morgan fingerprint density at radius 1 is 1.04 bits per heavy atom. The summed E-state index contributed by atoms with van der Waals surface area (Å²) in [6.45, 7) is 0.741. The highest BCUT2D eigenvalue weighted by Crippen LogP contribution is 2.36. The maximum Gasteiger partial charge on any atom is 0.224 e. The number of hydrogen-bond donors (Lipinski definition) is 2. The first kappa shape index (κ1) is 17.7. The molecule has 1 aromatic heterocycles. The zero-order valence-corrected chi connectivity index (χ0v) is 14.9. The molecule has 0 unspecified atom stereocenters. The molecule has 136 valence electrons. The summed E-state index contributed by atoms with van der Waals surface area (Å²) >= 11 is 0. The van der Waals surface area contributed by atoms with Crippen molar-refractivity contribution in [3.05, 3.63) is 54.2 Å². The van der Waals surface area contributed by atoms with Gasteiger partial charge in [0.05, 0.1) is 27.2 Å². The number of rotatable bonds is 8. The molecule has 0 radical (unpaired) electrons. The van der Waals surface area contributed by atoms with Crippen molar-refractivity contribution in [3.63, 3.8) is 0 Å². The number of hydrogen-bond acceptors (Lipinski definition) is 4. The molecule has 0 spiro atoms. The van der Waals surface area contributed by atoms with Gasteiger partial charge in [-0.15, -0.1) is 0 Å². The Morgan fingerprint density at radius 3 is 2.65 bits per heavy atom. The summed E-state index contributed by atoms with van der Waals surface area (Å²) in [7, 11) is 3.14. The SMILES string of the molecule is COc1cccc(OCCNC(=O)Cc2c[nH]c3ccccc23)c1OC. The van der Waals surface area contributed by atoms with Gasteiger partial charge in [-0.2, -0.15) is 0 Å². The molecule has 0 bridgehead atoms. The molecule has 26 heavy (non-hydrogen) atoms. The van der Waals surface area contributed by atoms with Crippen LogP contribution in [0.15, 0.2) is 48.7 Å². The number of fused-ring (bicyclic) bond motifs is 1. The Bertz CT molecular complexity index is 888. The highest BCUT2D eigenvalue weighted by atomic mass is 16.5. The lowest BCUT2D eigenvalue weighted by Gasteiger charge is -2.13. The number of methoxy groups -OCH3 is 2. The zero-order valence-electron chi connectivity index (χ0n) is 14.9. The third kappa shape index (κ3) is 3.91. The summed E-state index contributed by atoms with van der Waals surface area (Å²) in [4.78, 5) is 15.3. The minimum absolute atomic E-state index is 0.0454. The van der Waals surface area contributed by atoms with Crippen molar-refractivity contribution in [1.82, 2.24) is 10.3 Å². The summed E-state index contributed by atoms with van der Waals surface area (Å²) < 4.78 is 16.3. The van der Waals surface area contributed by atoms with Crippen molar-refractivity contribution >= 4 is 16.8 Å². The second-order valence-corrected chi connectivity index (χ2v) is 5.73. The van der Waals surface area contributed by atoms with E-state index >= 15 is 0 Å². The number of carbonyl (C=O) groups excluding carboxylic acids is 1. The van der Waals surface area contributed by atoms with Crippen LogP contribution in [0.5, 0.6) is 17.2 Å². The summed E-state index contributed by atoms with van der Waals surface area (Å²) in [6, 6.07) is 13.4. The molecule has 3 aromatic rings. The molecule has 0 atom stereocenters. The molecule has 3 rings (SSSR count). The molecule has 6 heteroatoms. The van der Waals surface area contributed by atoms with Crippen LogP contribution in [0, 0.1) is 0 Å².